The van der Waals surface area contributed by atoms with Gasteiger partial charge in [0.1, 0.15) is 0 Å². The second kappa shape index (κ2) is 5.93. The molecule has 0 radical (unpaired) electrons. The van der Waals surface area contributed by atoms with E-state index >= 15 is 0 Å². The Kier molecular flexibility index (Phi) is 4.73. The lowest BCUT2D eigenvalue weighted by Gasteiger charge is -2.34. The quantitative estimate of drug-likeness (QED) is 0.648. The summed E-state index contributed by atoms with van der Waals surface area (Å²) in [6, 6.07) is 5.31. The number of halogens is 3. The minimum atomic E-state index is 0.0729. The first kappa shape index (κ1) is 14.4. The van der Waals surface area contributed by atoms with Gasteiger partial charge in [-0.25, -0.2) is 0 Å². The van der Waals surface area contributed by atoms with Gasteiger partial charge in [-0.1, -0.05) is 34.5 Å². The summed E-state index contributed by atoms with van der Waals surface area (Å²) in [4.78, 5) is 14.6. The Hall–Kier alpha value is -0.0600. The van der Waals surface area contributed by atoms with Crippen molar-refractivity contribution in [2.45, 2.75) is 18.2 Å². The van der Waals surface area contributed by atoms with Gasteiger partial charge in [0.15, 0.2) is 0 Å². The smallest absolute Gasteiger partial charge is 0.253 e. The van der Waals surface area contributed by atoms with E-state index < -0.39 is 0 Å². The maximum Gasteiger partial charge on any atom is 0.253 e. The number of nitrogens with zero attached hydrogens (tertiary/aromatic N) is 1. The highest BCUT2D eigenvalue weighted by atomic mass is 79.9. The molecule has 98 valence electrons. The summed E-state index contributed by atoms with van der Waals surface area (Å²) < 4.78 is 0.760. The van der Waals surface area contributed by atoms with Crippen LogP contribution in [0, 0.1) is 5.92 Å². The number of rotatable bonds is 1. The number of piperidine rings is 1. The van der Waals surface area contributed by atoms with E-state index in [0.717, 1.165) is 24.0 Å². The molecule has 1 aliphatic rings. The Balaban J connectivity index is 2.14. The van der Waals surface area contributed by atoms with Crippen LogP contribution in [0.4, 0.5) is 0 Å². The van der Waals surface area contributed by atoms with Crippen molar-refractivity contribution in [2.24, 2.45) is 5.92 Å². The topological polar surface area (TPSA) is 20.3 Å². The third kappa shape index (κ3) is 3.09. The number of alkyl halides is 1. The summed E-state index contributed by atoms with van der Waals surface area (Å²) in [5.41, 5.74) is 0.681. The number of benzene rings is 1. The summed E-state index contributed by atoms with van der Waals surface area (Å²) in [6.07, 6.45) is 1.04. The third-order valence-electron chi connectivity index (χ3n) is 3.32. The van der Waals surface area contributed by atoms with Gasteiger partial charge in [-0.3, -0.25) is 4.79 Å². The zero-order valence-electron chi connectivity index (χ0n) is 10.00. The van der Waals surface area contributed by atoms with Gasteiger partial charge in [0.2, 0.25) is 0 Å². The number of amides is 1. The number of carbonyl (C=O) groups is 1. The molecule has 0 bridgehead atoms. The molecule has 1 heterocycles. The first-order valence-electron chi connectivity index (χ1n) is 5.87. The van der Waals surface area contributed by atoms with Crippen molar-refractivity contribution in [1.82, 2.24) is 4.90 Å². The molecule has 5 heteroatoms. The number of hydrogen-bond donors (Lipinski definition) is 0. The van der Waals surface area contributed by atoms with Gasteiger partial charge >= 0.3 is 0 Å². The molecule has 1 aromatic rings. The standard InChI is InChI=1S/C13H14Br2ClNO/c1-8-4-5-17(7-11(8)15)13(18)9-2-3-12(16)10(14)6-9/h2-3,6,8,11H,4-5,7H2,1H3. The maximum absolute atomic E-state index is 12.4. The van der Waals surface area contributed by atoms with Crippen LogP contribution in [-0.2, 0) is 0 Å². The Labute approximate surface area is 129 Å². The van der Waals surface area contributed by atoms with Gasteiger partial charge in [0, 0.05) is 28.0 Å². The molecule has 1 amide bonds. The molecule has 1 fully saturated rings. The molecule has 1 aliphatic heterocycles. The second-order valence-corrected chi connectivity index (χ2v) is 7.10. The fourth-order valence-corrected chi connectivity index (χ4v) is 3.13. The van der Waals surface area contributed by atoms with E-state index in [9.17, 15) is 4.79 Å². The zero-order valence-corrected chi connectivity index (χ0v) is 13.9. The van der Waals surface area contributed by atoms with E-state index in [1.807, 2.05) is 4.90 Å². The number of carbonyl (C=O) groups excluding carboxylic acids is 1. The van der Waals surface area contributed by atoms with E-state index in [2.05, 4.69) is 38.8 Å². The van der Waals surface area contributed by atoms with E-state index in [1.165, 1.54) is 0 Å². The van der Waals surface area contributed by atoms with E-state index in [0.29, 0.717) is 21.3 Å². The zero-order chi connectivity index (χ0) is 13.3. The third-order valence-corrected chi connectivity index (χ3v) is 5.73. The molecule has 2 rings (SSSR count). The van der Waals surface area contributed by atoms with Gasteiger partial charge in [-0.2, -0.15) is 0 Å². The van der Waals surface area contributed by atoms with Crippen LogP contribution in [0.3, 0.4) is 0 Å². The minimum absolute atomic E-state index is 0.0729. The lowest BCUT2D eigenvalue weighted by atomic mass is 9.98. The van der Waals surface area contributed by atoms with Crippen LogP contribution >= 0.6 is 43.5 Å². The molecule has 0 N–H and O–H groups in total. The molecular formula is C13H14Br2ClNO. The highest BCUT2D eigenvalue weighted by Gasteiger charge is 2.27. The Morgan fingerprint density at radius 1 is 1.50 bits per heavy atom. The van der Waals surface area contributed by atoms with Gasteiger partial charge < -0.3 is 4.90 Å². The predicted octanol–water partition coefficient (Wildman–Crippen LogP) is 4.35. The average Bonchev–Trinajstić information content (AvgIpc) is 2.35. The normalized spacial score (nSPS) is 24.1. The molecule has 18 heavy (non-hydrogen) atoms. The Bertz CT molecular complexity index is 466. The second-order valence-electron chi connectivity index (χ2n) is 4.66. The van der Waals surface area contributed by atoms with Crippen molar-refractivity contribution < 1.29 is 4.79 Å². The van der Waals surface area contributed by atoms with Gasteiger partial charge in [-0.05, 0) is 46.5 Å². The molecular weight excluding hydrogens is 381 g/mol. The summed E-state index contributed by atoms with van der Waals surface area (Å²) in [7, 11) is 0. The number of hydrogen-bond acceptors (Lipinski definition) is 1. The monoisotopic (exact) mass is 393 g/mol. The lowest BCUT2D eigenvalue weighted by Crippen LogP contribution is -2.43. The molecule has 2 atom stereocenters. The maximum atomic E-state index is 12.4. The summed E-state index contributed by atoms with van der Waals surface area (Å²) >= 11 is 12.9. The van der Waals surface area contributed by atoms with Crippen molar-refractivity contribution in [1.29, 1.82) is 0 Å². The van der Waals surface area contributed by atoms with Crippen LogP contribution in [0.25, 0.3) is 0 Å². The van der Waals surface area contributed by atoms with Crippen LogP contribution in [0.1, 0.15) is 23.7 Å². The number of likely N-dealkylation sites (tertiary alicyclic amines) is 1. The van der Waals surface area contributed by atoms with E-state index in [4.69, 9.17) is 11.6 Å². The minimum Gasteiger partial charge on any atom is -0.338 e. The Morgan fingerprint density at radius 3 is 2.83 bits per heavy atom. The van der Waals surface area contributed by atoms with Crippen LogP contribution in [0.15, 0.2) is 22.7 Å². The molecule has 1 aromatic carbocycles. The van der Waals surface area contributed by atoms with Gasteiger partial charge in [-0.15, -0.1) is 0 Å². The van der Waals surface area contributed by atoms with Crippen LogP contribution in [0.5, 0.6) is 0 Å². The van der Waals surface area contributed by atoms with E-state index in [-0.39, 0.29) is 5.91 Å². The average molecular weight is 396 g/mol. The van der Waals surface area contributed by atoms with Crippen LogP contribution < -0.4 is 0 Å². The highest BCUT2D eigenvalue weighted by Crippen LogP contribution is 2.27. The highest BCUT2D eigenvalue weighted by molar-refractivity contribution is 9.10. The van der Waals surface area contributed by atoms with Crippen LogP contribution in [0.2, 0.25) is 5.02 Å². The molecule has 0 aliphatic carbocycles. The summed E-state index contributed by atoms with van der Waals surface area (Å²) in [6.45, 7) is 3.79. The van der Waals surface area contributed by atoms with E-state index in [1.54, 1.807) is 18.2 Å². The largest absolute Gasteiger partial charge is 0.338 e. The van der Waals surface area contributed by atoms with Gasteiger partial charge in [0.05, 0.1) is 5.02 Å². The molecule has 2 unspecified atom stereocenters. The first-order chi connectivity index (χ1) is 8.49. The molecule has 0 spiro atoms. The van der Waals surface area contributed by atoms with Crippen molar-refractivity contribution in [3.8, 4) is 0 Å². The molecule has 0 aromatic heterocycles. The SMILES string of the molecule is CC1CCN(C(=O)c2ccc(Cl)c(Br)c2)CC1Br. The van der Waals surface area contributed by atoms with Crippen molar-refractivity contribution >= 4 is 49.4 Å². The van der Waals surface area contributed by atoms with Crippen molar-refractivity contribution in [3.05, 3.63) is 33.3 Å². The summed E-state index contributed by atoms with van der Waals surface area (Å²) in [5.74, 6) is 0.690. The molecule has 0 saturated carbocycles. The Morgan fingerprint density at radius 2 is 2.22 bits per heavy atom. The molecule has 1 saturated heterocycles. The van der Waals surface area contributed by atoms with Crippen LogP contribution in [-0.4, -0.2) is 28.7 Å². The fourth-order valence-electron chi connectivity index (χ4n) is 2.02. The molecule has 2 nitrogen and oxygen atoms in total. The first-order valence-corrected chi connectivity index (χ1v) is 7.96. The van der Waals surface area contributed by atoms with Gasteiger partial charge in [0.25, 0.3) is 5.91 Å². The van der Waals surface area contributed by atoms with Crippen molar-refractivity contribution in [2.75, 3.05) is 13.1 Å². The van der Waals surface area contributed by atoms with Crippen molar-refractivity contribution in [3.63, 3.8) is 0 Å². The lowest BCUT2D eigenvalue weighted by molar-refractivity contribution is 0.0706. The fraction of sp³-hybridized carbons (Fsp3) is 0.462. The predicted molar refractivity (Wildman–Crippen MR) is 81.6 cm³/mol. The summed E-state index contributed by atoms with van der Waals surface area (Å²) in [5, 5.41) is 0.622.